The van der Waals surface area contributed by atoms with Crippen LogP contribution in [0.25, 0.3) is 60.9 Å². The van der Waals surface area contributed by atoms with Crippen molar-refractivity contribution in [2.45, 2.75) is 0 Å². The number of para-hydroxylation sites is 2. The molecule has 0 fully saturated rings. The number of aromatic nitrogens is 1. The summed E-state index contributed by atoms with van der Waals surface area (Å²) in [6.07, 6.45) is 0. The average molecular weight is 522 g/mol. The molecule has 7 rings (SSSR count). The van der Waals surface area contributed by atoms with Crippen LogP contribution < -0.4 is 0 Å². The minimum Gasteiger partial charge on any atom is -0.309 e. The number of nitrogens with zero attached hydrogens (tertiary/aromatic N) is 3. The maximum absolute atomic E-state index is 9.98. The highest BCUT2D eigenvalue weighted by molar-refractivity contribution is 6.09. The quantitative estimate of drug-likeness (QED) is 0.232. The number of hydrogen-bond donors (Lipinski definition) is 0. The minimum atomic E-state index is 0.609. The van der Waals surface area contributed by atoms with Crippen LogP contribution in [0, 0.1) is 22.7 Å². The molecule has 6 aromatic carbocycles. The zero-order chi connectivity index (χ0) is 27.8. The lowest BCUT2D eigenvalue weighted by atomic mass is 9.88. The van der Waals surface area contributed by atoms with Crippen LogP contribution in [-0.2, 0) is 0 Å². The summed E-state index contributed by atoms with van der Waals surface area (Å²) >= 11 is 0. The molecule has 7 aromatic rings. The van der Waals surface area contributed by atoms with Crippen molar-refractivity contribution in [2.75, 3.05) is 0 Å². The zero-order valence-electron chi connectivity index (χ0n) is 22.1. The van der Waals surface area contributed by atoms with Gasteiger partial charge in [0.2, 0.25) is 0 Å². The van der Waals surface area contributed by atoms with Gasteiger partial charge in [-0.05, 0) is 70.3 Å². The van der Waals surface area contributed by atoms with Gasteiger partial charge in [0.15, 0.2) is 0 Å². The molecule has 0 amide bonds. The Morgan fingerprint density at radius 1 is 0.415 bits per heavy atom. The Morgan fingerprint density at radius 3 is 1.66 bits per heavy atom. The van der Waals surface area contributed by atoms with E-state index in [9.17, 15) is 10.5 Å². The minimum absolute atomic E-state index is 0.609. The van der Waals surface area contributed by atoms with Crippen LogP contribution in [0.1, 0.15) is 11.1 Å². The maximum atomic E-state index is 9.98. The van der Waals surface area contributed by atoms with Crippen molar-refractivity contribution >= 4 is 21.8 Å². The Balaban J connectivity index is 1.47. The summed E-state index contributed by atoms with van der Waals surface area (Å²) in [5, 5.41) is 22.2. The van der Waals surface area contributed by atoms with Crippen LogP contribution in [-0.4, -0.2) is 4.57 Å². The van der Waals surface area contributed by atoms with Crippen molar-refractivity contribution in [1.29, 1.82) is 10.5 Å². The molecule has 0 atom stereocenters. The fourth-order valence-corrected chi connectivity index (χ4v) is 5.85. The first kappa shape index (κ1) is 24.2. The fraction of sp³-hybridized carbons (Fsp3) is 0. The normalized spacial score (nSPS) is 10.9. The van der Waals surface area contributed by atoms with Crippen molar-refractivity contribution in [3.05, 3.63) is 151 Å². The molecule has 0 aliphatic rings. The Hall–Kier alpha value is -5.90. The molecule has 3 nitrogen and oxygen atoms in total. The highest BCUT2D eigenvalue weighted by Gasteiger charge is 2.16. The van der Waals surface area contributed by atoms with Gasteiger partial charge in [0.1, 0.15) is 0 Å². The molecule has 0 saturated heterocycles. The number of fused-ring (bicyclic) bond motifs is 3. The summed E-state index contributed by atoms with van der Waals surface area (Å²) in [5.74, 6) is 0. The molecule has 0 spiro atoms. The van der Waals surface area contributed by atoms with Crippen molar-refractivity contribution < 1.29 is 0 Å². The van der Waals surface area contributed by atoms with Gasteiger partial charge in [0.25, 0.3) is 0 Å². The Bertz CT molecular complexity index is 2130. The second-order valence-electron chi connectivity index (χ2n) is 10.00. The molecular formula is C38H23N3. The van der Waals surface area contributed by atoms with E-state index in [2.05, 4.69) is 108 Å². The van der Waals surface area contributed by atoms with Crippen LogP contribution in [0.2, 0.25) is 0 Å². The third kappa shape index (κ3) is 4.05. The summed E-state index contributed by atoms with van der Waals surface area (Å²) in [5.41, 5.74) is 10.3. The number of hydrogen-bond acceptors (Lipinski definition) is 2. The SMILES string of the molecule is N#Cc1ccccc1-c1ccc(-c2cccc(-n3c4ccccc4c4ccccc43)c2)c(-c2ccccc2C#N)c1. The van der Waals surface area contributed by atoms with E-state index in [0.717, 1.165) is 50.1 Å². The Kier molecular flexibility index (Phi) is 5.90. The third-order valence-electron chi connectivity index (χ3n) is 7.71. The standard InChI is InChI=1S/C38H23N3/c39-24-28-10-1-3-14-31(28)27-20-21-33(36(23-27)32-15-4-2-11-29(32)25-40)26-12-9-13-30(22-26)41-37-18-7-5-16-34(37)35-17-6-8-19-38(35)41/h1-23H. The van der Waals surface area contributed by atoms with Gasteiger partial charge in [0.05, 0.1) is 34.3 Å². The van der Waals surface area contributed by atoms with Crippen LogP contribution in [0.4, 0.5) is 0 Å². The molecule has 190 valence electrons. The third-order valence-corrected chi connectivity index (χ3v) is 7.71. The van der Waals surface area contributed by atoms with Crippen molar-refractivity contribution in [3.8, 4) is 51.2 Å². The molecule has 0 bridgehead atoms. The fourth-order valence-electron chi connectivity index (χ4n) is 5.85. The predicted molar refractivity (Wildman–Crippen MR) is 167 cm³/mol. The second kappa shape index (κ2) is 10.0. The molecule has 0 unspecified atom stereocenters. The van der Waals surface area contributed by atoms with E-state index >= 15 is 0 Å². The molecule has 1 heterocycles. The monoisotopic (exact) mass is 521 g/mol. The first-order chi connectivity index (χ1) is 20.3. The highest BCUT2D eigenvalue weighted by Crippen LogP contribution is 2.39. The zero-order valence-corrected chi connectivity index (χ0v) is 22.1. The van der Waals surface area contributed by atoms with Gasteiger partial charge in [0, 0.05) is 22.0 Å². The van der Waals surface area contributed by atoms with Gasteiger partial charge < -0.3 is 4.57 Å². The number of rotatable bonds is 4. The number of benzene rings is 6. The van der Waals surface area contributed by atoms with Gasteiger partial charge in [-0.15, -0.1) is 0 Å². The summed E-state index contributed by atoms with van der Waals surface area (Å²) < 4.78 is 2.31. The Morgan fingerprint density at radius 2 is 0.976 bits per heavy atom. The smallest absolute Gasteiger partial charge is 0.0998 e. The summed E-state index contributed by atoms with van der Waals surface area (Å²) in [4.78, 5) is 0. The first-order valence-electron chi connectivity index (χ1n) is 13.5. The molecule has 0 saturated carbocycles. The van der Waals surface area contributed by atoms with Crippen LogP contribution >= 0.6 is 0 Å². The van der Waals surface area contributed by atoms with E-state index in [1.807, 2.05) is 48.5 Å². The van der Waals surface area contributed by atoms with E-state index in [0.29, 0.717) is 11.1 Å². The van der Waals surface area contributed by atoms with Gasteiger partial charge in [-0.2, -0.15) is 10.5 Å². The highest BCUT2D eigenvalue weighted by atomic mass is 15.0. The average Bonchev–Trinajstić information content (AvgIpc) is 3.39. The first-order valence-corrected chi connectivity index (χ1v) is 13.5. The lowest BCUT2D eigenvalue weighted by Crippen LogP contribution is -1.95. The molecule has 0 radical (unpaired) electrons. The van der Waals surface area contributed by atoms with E-state index < -0.39 is 0 Å². The van der Waals surface area contributed by atoms with E-state index in [4.69, 9.17) is 0 Å². The molecule has 0 aliphatic heterocycles. The molecule has 0 aliphatic carbocycles. The van der Waals surface area contributed by atoms with E-state index in [1.165, 1.54) is 10.8 Å². The van der Waals surface area contributed by atoms with Crippen LogP contribution in [0.15, 0.2) is 140 Å². The lowest BCUT2D eigenvalue weighted by Gasteiger charge is -2.16. The lowest BCUT2D eigenvalue weighted by molar-refractivity contribution is 1.18. The van der Waals surface area contributed by atoms with Gasteiger partial charge in [-0.1, -0.05) is 97.1 Å². The van der Waals surface area contributed by atoms with Crippen molar-refractivity contribution in [3.63, 3.8) is 0 Å². The molecule has 41 heavy (non-hydrogen) atoms. The van der Waals surface area contributed by atoms with E-state index in [1.54, 1.807) is 0 Å². The van der Waals surface area contributed by atoms with Gasteiger partial charge in [-0.25, -0.2) is 0 Å². The van der Waals surface area contributed by atoms with E-state index in [-0.39, 0.29) is 0 Å². The predicted octanol–water partition coefficient (Wildman–Crippen LogP) is 9.53. The summed E-state index contributed by atoms with van der Waals surface area (Å²) in [6, 6.07) is 51.9. The number of nitriles is 2. The van der Waals surface area contributed by atoms with Gasteiger partial charge in [-0.3, -0.25) is 0 Å². The molecule has 3 heteroatoms. The van der Waals surface area contributed by atoms with Crippen LogP contribution in [0.3, 0.4) is 0 Å². The van der Waals surface area contributed by atoms with Gasteiger partial charge >= 0.3 is 0 Å². The molecular weight excluding hydrogens is 498 g/mol. The summed E-state index contributed by atoms with van der Waals surface area (Å²) in [6.45, 7) is 0. The topological polar surface area (TPSA) is 52.5 Å². The van der Waals surface area contributed by atoms with Crippen molar-refractivity contribution in [1.82, 2.24) is 4.57 Å². The van der Waals surface area contributed by atoms with Crippen molar-refractivity contribution in [2.24, 2.45) is 0 Å². The second-order valence-corrected chi connectivity index (χ2v) is 10.00. The van der Waals surface area contributed by atoms with Crippen LogP contribution in [0.5, 0.6) is 0 Å². The summed E-state index contributed by atoms with van der Waals surface area (Å²) in [7, 11) is 0. The molecule has 1 aromatic heterocycles. The molecule has 0 N–H and O–H groups in total. The largest absolute Gasteiger partial charge is 0.309 e. The maximum Gasteiger partial charge on any atom is 0.0998 e. The Labute approximate surface area is 238 Å².